The molecule has 0 spiro atoms. The first kappa shape index (κ1) is 12.2. The molecule has 0 aliphatic rings. The zero-order valence-corrected chi connectivity index (χ0v) is 9.95. The van der Waals surface area contributed by atoms with Crippen LogP contribution in [-0.4, -0.2) is 17.3 Å². The summed E-state index contributed by atoms with van der Waals surface area (Å²) in [6.45, 7) is 8.31. The van der Waals surface area contributed by atoms with Gasteiger partial charge in [-0.2, -0.15) is 0 Å². The van der Waals surface area contributed by atoms with E-state index in [1.165, 1.54) is 5.56 Å². The zero-order chi connectivity index (χ0) is 11.5. The van der Waals surface area contributed by atoms with E-state index in [1.807, 2.05) is 52.0 Å². The molecule has 2 heteroatoms. The smallest absolute Gasteiger partial charge is 0.102 e. The van der Waals surface area contributed by atoms with E-state index in [0.29, 0.717) is 6.61 Å². The summed E-state index contributed by atoms with van der Waals surface area (Å²) in [7, 11) is 0. The average molecular weight is 208 g/mol. The van der Waals surface area contributed by atoms with Gasteiger partial charge in [-0.25, -0.2) is 0 Å². The number of aliphatic hydroxyl groups is 1. The topological polar surface area (TPSA) is 29.5 Å². The molecule has 1 aromatic rings. The minimum absolute atomic E-state index is 0.203. The molecule has 0 fully saturated rings. The summed E-state index contributed by atoms with van der Waals surface area (Å²) >= 11 is 0. The summed E-state index contributed by atoms with van der Waals surface area (Å²) in [6, 6.07) is 7.86. The zero-order valence-electron chi connectivity index (χ0n) is 9.95. The Bertz CT molecular complexity index is 295. The molecule has 1 aromatic carbocycles. The van der Waals surface area contributed by atoms with Gasteiger partial charge in [-0.05, 0) is 33.3 Å². The van der Waals surface area contributed by atoms with Gasteiger partial charge in [0.1, 0.15) is 6.10 Å². The molecule has 0 aliphatic carbocycles. The number of rotatable bonds is 3. The van der Waals surface area contributed by atoms with Gasteiger partial charge in [-0.1, -0.05) is 29.8 Å². The van der Waals surface area contributed by atoms with Crippen LogP contribution < -0.4 is 0 Å². The Morgan fingerprint density at radius 2 is 1.73 bits per heavy atom. The third-order valence-corrected chi connectivity index (χ3v) is 2.14. The lowest BCUT2D eigenvalue weighted by molar-refractivity contribution is -0.0496. The van der Waals surface area contributed by atoms with Crippen LogP contribution in [-0.2, 0) is 4.74 Å². The highest BCUT2D eigenvalue weighted by atomic mass is 16.5. The predicted molar refractivity (Wildman–Crippen MR) is 61.8 cm³/mol. The van der Waals surface area contributed by atoms with Crippen LogP contribution in [0.25, 0.3) is 0 Å². The fraction of sp³-hybridized carbons (Fsp3) is 0.538. The molecule has 0 bridgehead atoms. The molecule has 0 aliphatic heterocycles. The van der Waals surface area contributed by atoms with Crippen LogP contribution >= 0.6 is 0 Å². The highest BCUT2D eigenvalue weighted by Crippen LogP contribution is 2.17. The standard InChI is InChI=1S/C13H20O2/c1-10-5-7-11(8-6-10)12(14)9-15-13(2,3)4/h5-8,12,14H,9H2,1-4H3. The third-order valence-electron chi connectivity index (χ3n) is 2.14. The van der Waals surface area contributed by atoms with Crippen LogP contribution in [0.3, 0.4) is 0 Å². The number of ether oxygens (including phenoxy) is 1. The highest BCUT2D eigenvalue weighted by molar-refractivity contribution is 5.23. The maximum absolute atomic E-state index is 9.85. The van der Waals surface area contributed by atoms with Gasteiger partial charge < -0.3 is 9.84 Å². The second kappa shape index (κ2) is 4.77. The molecule has 1 unspecified atom stereocenters. The lowest BCUT2D eigenvalue weighted by Gasteiger charge is -2.22. The first-order valence-electron chi connectivity index (χ1n) is 5.27. The molecule has 1 atom stereocenters. The third kappa shape index (κ3) is 4.45. The monoisotopic (exact) mass is 208 g/mol. The quantitative estimate of drug-likeness (QED) is 0.827. The SMILES string of the molecule is Cc1ccc(C(O)COC(C)(C)C)cc1. The summed E-state index contributed by atoms with van der Waals surface area (Å²) in [5.74, 6) is 0. The van der Waals surface area contributed by atoms with Gasteiger partial charge in [0.25, 0.3) is 0 Å². The van der Waals surface area contributed by atoms with Gasteiger partial charge in [-0.3, -0.25) is 0 Å². The fourth-order valence-electron chi connectivity index (χ4n) is 1.21. The van der Waals surface area contributed by atoms with Crippen molar-refractivity contribution < 1.29 is 9.84 Å². The second-order valence-corrected chi connectivity index (χ2v) is 4.85. The summed E-state index contributed by atoms with van der Waals surface area (Å²) in [5.41, 5.74) is 1.90. The fourth-order valence-corrected chi connectivity index (χ4v) is 1.21. The Balaban J connectivity index is 2.54. The summed E-state index contributed by atoms with van der Waals surface area (Å²) < 4.78 is 5.53. The van der Waals surface area contributed by atoms with Crippen molar-refractivity contribution in [1.29, 1.82) is 0 Å². The molecule has 15 heavy (non-hydrogen) atoms. The number of hydrogen-bond donors (Lipinski definition) is 1. The van der Waals surface area contributed by atoms with Crippen LogP contribution in [0.5, 0.6) is 0 Å². The molecular weight excluding hydrogens is 188 g/mol. The Morgan fingerprint density at radius 3 is 2.20 bits per heavy atom. The van der Waals surface area contributed by atoms with Gasteiger partial charge in [0.05, 0.1) is 12.2 Å². The minimum Gasteiger partial charge on any atom is -0.386 e. The molecule has 0 radical (unpaired) electrons. The van der Waals surface area contributed by atoms with Crippen molar-refractivity contribution in [2.45, 2.75) is 39.4 Å². The molecule has 0 aromatic heterocycles. The van der Waals surface area contributed by atoms with Gasteiger partial charge in [0, 0.05) is 0 Å². The van der Waals surface area contributed by atoms with Crippen molar-refractivity contribution in [3.63, 3.8) is 0 Å². The lowest BCUT2D eigenvalue weighted by atomic mass is 10.1. The molecule has 1 rings (SSSR count). The second-order valence-electron chi connectivity index (χ2n) is 4.85. The molecule has 0 amide bonds. The number of aryl methyl sites for hydroxylation is 1. The molecule has 1 N–H and O–H groups in total. The van der Waals surface area contributed by atoms with E-state index in [-0.39, 0.29) is 5.60 Å². The van der Waals surface area contributed by atoms with E-state index in [0.717, 1.165) is 5.56 Å². The molecular formula is C13H20O2. The van der Waals surface area contributed by atoms with Crippen LogP contribution in [0.1, 0.15) is 38.0 Å². The van der Waals surface area contributed by atoms with Crippen LogP contribution in [0, 0.1) is 6.92 Å². The van der Waals surface area contributed by atoms with Crippen LogP contribution in [0.15, 0.2) is 24.3 Å². The average Bonchev–Trinajstić information content (AvgIpc) is 2.14. The van der Waals surface area contributed by atoms with Crippen LogP contribution in [0.4, 0.5) is 0 Å². The Hall–Kier alpha value is -0.860. The van der Waals surface area contributed by atoms with E-state index in [1.54, 1.807) is 0 Å². The number of hydrogen-bond acceptors (Lipinski definition) is 2. The Labute approximate surface area is 91.9 Å². The Kier molecular flexibility index (Phi) is 3.89. The predicted octanol–water partition coefficient (Wildman–Crippen LogP) is 2.84. The van der Waals surface area contributed by atoms with Crippen molar-refractivity contribution in [2.75, 3.05) is 6.61 Å². The number of benzene rings is 1. The molecule has 84 valence electrons. The van der Waals surface area contributed by atoms with Crippen molar-refractivity contribution in [3.8, 4) is 0 Å². The maximum Gasteiger partial charge on any atom is 0.102 e. The first-order valence-corrected chi connectivity index (χ1v) is 5.27. The Morgan fingerprint density at radius 1 is 1.20 bits per heavy atom. The minimum atomic E-state index is -0.537. The molecule has 0 saturated heterocycles. The van der Waals surface area contributed by atoms with Gasteiger partial charge in [0.15, 0.2) is 0 Å². The summed E-state index contributed by atoms with van der Waals surface area (Å²) in [5, 5.41) is 9.85. The first-order chi connectivity index (χ1) is 6.88. The molecule has 0 heterocycles. The van der Waals surface area contributed by atoms with Crippen molar-refractivity contribution in [1.82, 2.24) is 0 Å². The van der Waals surface area contributed by atoms with Gasteiger partial charge in [0.2, 0.25) is 0 Å². The van der Waals surface area contributed by atoms with E-state index < -0.39 is 6.10 Å². The van der Waals surface area contributed by atoms with E-state index in [4.69, 9.17) is 4.74 Å². The van der Waals surface area contributed by atoms with E-state index in [2.05, 4.69) is 0 Å². The summed E-state index contributed by atoms with van der Waals surface area (Å²) in [6.07, 6.45) is -0.537. The molecule has 2 nitrogen and oxygen atoms in total. The van der Waals surface area contributed by atoms with Crippen molar-refractivity contribution in [3.05, 3.63) is 35.4 Å². The van der Waals surface area contributed by atoms with E-state index >= 15 is 0 Å². The lowest BCUT2D eigenvalue weighted by Crippen LogP contribution is -2.22. The van der Waals surface area contributed by atoms with Gasteiger partial charge in [-0.15, -0.1) is 0 Å². The normalized spacial score (nSPS) is 13.9. The largest absolute Gasteiger partial charge is 0.386 e. The van der Waals surface area contributed by atoms with E-state index in [9.17, 15) is 5.11 Å². The van der Waals surface area contributed by atoms with Crippen molar-refractivity contribution in [2.24, 2.45) is 0 Å². The van der Waals surface area contributed by atoms with Crippen LogP contribution in [0.2, 0.25) is 0 Å². The number of aliphatic hydroxyl groups excluding tert-OH is 1. The van der Waals surface area contributed by atoms with Gasteiger partial charge >= 0.3 is 0 Å². The highest BCUT2D eigenvalue weighted by Gasteiger charge is 2.14. The molecule has 0 saturated carbocycles. The van der Waals surface area contributed by atoms with Crippen molar-refractivity contribution >= 4 is 0 Å². The maximum atomic E-state index is 9.85. The summed E-state index contributed by atoms with van der Waals surface area (Å²) in [4.78, 5) is 0.